The van der Waals surface area contributed by atoms with E-state index in [1.807, 2.05) is 43.7 Å². The summed E-state index contributed by atoms with van der Waals surface area (Å²) in [5.74, 6) is 4.56. The summed E-state index contributed by atoms with van der Waals surface area (Å²) in [5, 5.41) is 2.79. The Morgan fingerprint density at radius 3 is 2.38 bits per heavy atom. The molecule has 5 fully saturated rings. The molecule has 61 heavy (non-hydrogen) atoms. The quantitative estimate of drug-likeness (QED) is 0.162. The highest BCUT2D eigenvalue weighted by atomic mass is 16.5. The lowest BCUT2D eigenvalue weighted by atomic mass is 9.66. The number of ether oxygens (including phenoxy) is 1. The van der Waals surface area contributed by atoms with Gasteiger partial charge in [-0.25, -0.2) is 14.8 Å². The first kappa shape index (κ1) is 40.1. The van der Waals surface area contributed by atoms with E-state index in [1.165, 1.54) is 54.3 Å². The molecule has 10 unspecified atom stereocenters. The molecule has 3 amide bonds. The molecule has 4 heterocycles. The van der Waals surface area contributed by atoms with Gasteiger partial charge >= 0.3 is 6.09 Å². The molecule has 12 heteroatoms. The number of fused-ring (bicyclic) bond motifs is 6. The van der Waals surface area contributed by atoms with Gasteiger partial charge in [0.05, 0.1) is 42.8 Å². The number of aromatic nitrogens is 4. The number of carbonyl (C=O) groups is 3. The van der Waals surface area contributed by atoms with E-state index in [-0.39, 0.29) is 41.8 Å². The van der Waals surface area contributed by atoms with Gasteiger partial charge < -0.3 is 35.6 Å². The van der Waals surface area contributed by atoms with Crippen molar-refractivity contribution in [2.75, 3.05) is 13.7 Å². The molecule has 0 radical (unpaired) electrons. The van der Waals surface area contributed by atoms with Crippen molar-refractivity contribution in [3.63, 3.8) is 0 Å². The molecular weight excluding hydrogens is 765 g/mol. The number of rotatable bonds is 10. The molecule has 7 aliphatic rings. The van der Waals surface area contributed by atoms with Crippen LogP contribution in [0.4, 0.5) is 4.79 Å². The van der Waals surface area contributed by atoms with Crippen molar-refractivity contribution in [3.05, 3.63) is 82.4 Å². The minimum Gasteiger partial charge on any atom is -0.453 e. The number of hydrogen-bond donors (Lipinski definition) is 4. The molecule has 2 saturated heterocycles. The Labute approximate surface area is 359 Å². The van der Waals surface area contributed by atoms with Gasteiger partial charge in [-0.15, -0.1) is 0 Å². The minimum atomic E-state index is -0.662. The first-order valence-electron chi connectivity index (χ1n) is 23.1. The van der Waals surface area contributed by atoms with E-state index in [4.69, 9.17) is 20.4 Å². The Hall–Kier alpha value is -4.97. The lowest BCUT2D eigenvalue weighted by Crippen LogP contribution is -2.54. The zero-order valence-corrected chi connectivity index (χ0v) is 36.3. The van der Waals surface area contributed by atoms with Crippen LogP contribution in [0.5, 0.6) is 0 Å². The van der Waals surface area contributed by atoms with Gasteiger partial charge in [-0.2, -0.15) is 0 Å². The normalized spacial score (nSPS) is 29.7. The molecule has 0 spiro atoms. The van der Waals surface area contributed by atoms with Crippen LogP contribution in [0.1, 0.15) is 126 Å². The standard InChI is InChI=1S/C49H62N8O4/c1-25(2)42(50)47(58)56-20-6-7-40(56)45-52-37-19-14-30(23-38(37)53-45)35-18-17-33(36-22-29-13-16-34(29)41(35)36)27-8-10-28(11-9-27)39-24-51-46(54-39)44-31-12-15-32(21-31)57(44)48(59)43(26(3)4)55-49(60)61-5/h8-11,17-18,23-26,29,31-32,34,36,40-44H,6-7,12-16,19-22,50H2,1-5H3,(H,51,54)(H,52,53)(H,55,60). The van der Waals surface area contributed by atoms with Crippen LogP contribution in [-0.2, 0) is 20.7 Å². The number of alkyl carbamates (subject to hydrolysis) is 1. The van der Waals surface area contributed by atoms with Crippen LogP contribution in [0.25, 0.3) is 22.9 Å². The van der Waals surface area contributed by atoms with Crippen LogP contribution in [0.15, 0.2) is 53.8 Å². The van der Waals surface area contributed by atoms with Gasteiger partial charge in [-0.3, -0.25) is 9.59 Å². The fraction of sp³-hybridized carbons (Fsp3) is 0.571. The van der Waals surface area contributed by atoms with Gasteiger partial charge in [0.1, 0.15) is 17.7 Å². The lowest BCUT2D eigenvalue weighted by molar-refractivity contribution is -0.139. The van der Waals surface area contributed by atoms with E-state index < -0.39 is 18.2 Å². The monoisotopic (exact) mass is 826 g/mol. The van der Waals surface area contributed by atoms with E-state index in [9.17, 15) is 14.4 Å². The number of nitrogens with zero attached hydrogens (tertiary/aromatic N) is 4. The van der Waals surface area contributed by atoms with Gasteiger partial charge in [0, 0.05) is 18.3 Å². The van der Waals surface area contributed by atoms with Crippen LogP contribution in [-0.4, -0.2) is 79.4 Å². The maximum atomic E-state index is 14.1. The van der Waals surface area contributed by atoms with Crippen LogP contribution >= 0.6 is 0 Å². The van der Waals surface area contributed by atoms with Crippen molar-refractivity contribution in [3.8, 4) is 11.3 Å². The smallest absolute Gasteiger partial charge is 0.407 e. The van der Waals surface area contributed by atoms with E-state index in [0.29, 0.717) is 17.8 Å². The number of aromatic amines is 2. The van der Waals surface area contributed by atoms with E-state index >= 15 is 0 Å². The second-order valence-corrected chi connectivity index (χ2v) is 19.8. The summed E-state index contributed by atoms with van der Waals surface area (Å²) >= 11 is 0. The first-order valence-corrected chi connectivity index (χ1v) is 23.1. The zero-order valence-electron chi connectivity index (χ0n) is 36.3. The van der Waals surface area contributed by atoms with E-state index in [0.717, 1.165) is 91.9 Å². The van der Waals surface area contributed by atoms with Gasteiger partial charge in [-0.05, 0) is 140 Å². The summed E-state index contributed by atoms with van der Waals surface area (Å²) < 4.78 is 4.86. The van der Waals surface area contributed by atoms with E-state index in [2.05, 4.69) is 57.8 Å². The Kier molecular flexibility index (Phi) is 10.4. The molecular formula is C49H62N8O4. The first-order chi connectivity index (χ1) is 29.5. The summed E-state index contributed by atoms with van der Waals surface area (Å²) in [6.07, 6.45) is 19.2. The maximum absolute atomic E-state index is 14.1. The third-order valence-electron chi connectivity index (χ3n) is 15.8. The predicted molar refractivity (Wildman–Crippen MR) is 234 cm³/mol. The van der Waals surface area contributed by atoms with Crippen molar-refractivity contribution in [1.29, 1.82) is 0 Å². The molecule has 5 N–H and O–H groups in total. The highest BCUT2D eigenvalue weighted by Crippen LogP contribution is 2.61. The molecule has 322 valence electrons. The number of allylic oxidation sites excluding steroid dienone is 5. The van der Waals surface area contributed by atoms with Gasteiger partial charge in [0.25, 0.3) is 0 Å². The fourth-order valence-electron chi connectivity index (χ4n) is 12.4. The molecule has 2 aliphatic heterocycles. The molecule has 10 rings (SSSR count). The number of hydrogen-bond acceptors (Lipinski definition) is 7. The molecule has 2 bridgehead atoms. The Morgan fingerprint density at radius 2 is 1.64 bits per heavy atom. The largest absolute Gasteiger partial charge is 0.453 e. The average molecular weight is 827 g/mol. The van der Waals surface area contributed by atoms with Crippen molar-refractivity contribution in [1.82, 2.24) is 35.1 Å². The number of H-pyrrole nitrogens is 2. The molecule has 5 aliphatic carbocycles. The number of piperidine rings is 1. The minimum absolute atomic E-state index is 0.0332. The lowest BCUT2D eigenvalue weighted by Gasteiger charge is -2.38. The summed E-state index contributed by atoms with van der Waals surface area (Å²) in [6.45, 7) is 8.66. The maximum Gasteiger partial charge on any atom is 0.407 e. The number of nitrogens with two attached hydrogens (primary N) is 1. The second-order valence-electron chi connectivity index (χ2n) is 19.8. The second kappa shape index (κ2) is 15.7. The number of imidazole rings is 2. The number of methoxy groups -OCH3 is 1. The number of nitrogens with one attached hydrogen (secondary N) is 3. The van der Waals surface area contributed by atoms with Gasteiger partial charge in [0.15, 0.2) is 0 Å². The van der Waals surface area contributed by atoms with Gasteiger partial charge in [0.2, 0.25) is 11.8 Å². The highest BCUT2D eigenvalue weighted by molar-refractivity contribution is 5.87. The van der Waals surface area contributed by atoms with Crippen LogP contribution in [0.3, 0.4) is 0 Å². The van der Waals surface area contributed by atoms with Crippen molar-refractivity contribution in [2.45, 2.75) is 122 Å². The number of amides is 3. The molecule has 1 aromatic carbocycles. The molecule has 3 saturated carbocycles. The average Bonchev–Trinajstić information content (AvgIpc) is 4.12. The van der Waals surface area contributed by atoms with Crippen molar-refractivity contribution < 1.29 is 19.1 Å². The van der Waals surface area contributed by atoms with Crippen LogP contribution in [0.2, 0.25) is 0 Å². The summed E-state index contributed by atoms with van der Waals surface area (Å²) in [4.78, 5) is 60.8. The summed E-state index contributed by atoms with van der Waals surface area (Å²) in [6, 6.07) is 7.78. The third kappa shape index (κ3) is 6.88. The summed E-state index contributed by atoms with van der Waals surface area (Å²) in [7, 11) is 1.33. The topological polar surface area (TPSA) is 162 Å². The Bertz CT molecular complexity index is 2300. The molecule has 12 nitrogen and oxygen atoms in total. The number of carbonyl (C=O) groups excluding carboxylic acids is 3. The fourth-order valence-corrected chi connectivity index (χ4v) is 12.4. The Morgan fingerprint density at radius 1 is 0.869 bits per heavy atom. The van der Waals surface area contributed by atoms with Crippen LogP contribution < -0.4 is 11.1 Å². The molecule has 2 aromatic heterocycles. The number of aryl methyl sites for hydroxylation is 1. The SMILES string of the molecule is COC(=O)NC(C(=O)N1C2CCC(C2)C1c1ncc(-c2ccc(C3=CC=C(C4=Cc5nc(C6CCCN6C(=O)C(N)C(C)C)[nH]c5CC4)C4C3CC3CCC34)cc2)[nH]1)C(C)C. The highest BCUT2D eigenvalue weighted by Gasteiger charge is 2.53. The van der Waals surface area contributed by atoms with Gasteiger partial charge in [-0.1, -0.05) is 64.1 Å². The predicted octanol–water partition coefficient (Wildman–Crippen LogP) is 7.89. The zero-order chi connectivity index (χ0) is 42.3. The third-order valence-corrected chi connectivity index (χ3v) is 15.8. The Balaban J connectivity index is 0.882. The van der Waals surface area contributed by atoms with Crippen molar-refractivity contribution in [2.24, 2.45) is 47.2 Å². The summed E-state index contributed by atoms with van der Waals surface area (Å²) in [5.41, 5.74) is 16.2. The number of benzene rings is 1. The molecule has 3 aromatic rings. The van der Waals surface area contributed by atoms with Crippen LogP contribution in [0, 0.1) is 41.4 Å². The number of likely N-dealkylation sites (tertiary alicyclic amines) is 2. The molecule has 10 atom stereocenters. The van der Waals surface area contributed by atoms with Crippen molar-refractivity contribution >= 4 is 29.6 Å². The van der Waals surface area contributed by atoms with E-state index in [1.54, 1.807) is 0 Å².